The summed E-state index contributed by atoms with van der Waals surface area (Å²) in [5.41, 5.74) is 2.19. The Labute approximate surface area is 84.6 Å². The van der Waals surface area contributed by atoms with E-state index in [1.807, 2.05) is 24.3 Å². The van der Waals surface area contributed by atoms with Gasteiger partial charge in [0.05, 0.1) is 11.6 Å². The molecule has 2 heteroatoms. The molecule has 72 valence electrons. The van der Waals surface area contributed by atoms with Gasteiger partial charge >= 0.3 is 0 Å². The van der Waals surface area contributed by atoms with Crippen LogP contribution in [0.1, 0.15) is 25.8 Å². The zero-order chi connectivity index (χ0) is 10.2. The quantitative estimate of drug-likeness (QED) is 0.770. The standard InChI is InChI=1S/C12H14N2/c1-12(2)7-11(12)14-10-5-3-4-9(6-10)8-13/h3-6,11,14H,7H2,1-2H3. The van der Waals surface area contributed by atoms with Gasteiger partial charge in [-0.15, -0.1) is 0 Å². The Kier molecular flexibility index (Phi) is 1.96. The van der Waals surface area contributed by atoms with E-state index >= 15 is 0 Å². The van der Waals surface area contributed by atoms with Gasteiger partial charge in [-0.1, -0.05) is 19.9 Å². The lowest BCUT2D eigenvalue weighted by Crippen LogP contribution is -2.08. The maximum atomic E-state index is 8.74. The summed E-state index contributed by atoms with van der Waals surface area (Å²) < 4.78 is 0. The normalized spacial score (nSPS) is 22.5. The third-order valence-corrected chi connectivity index (χ3v) is 2.85. The number of benzene rings is 1. The Bertz CT molecular complexity index is 388. The average Bonchev–Trinajstić information content (AvgIpc) is 2.74. The molecule has 0 amide bonds. The molecule has 1 aromatic carbocycles. The zero-order valence-electron chi connectivity index (χ0n) is 8.54. The predicted molar refractivity (Wildman–Crippen MR) is 57.0 cm³/mol. The molecule has 1 aliphatic rings. The maximum absolute atomic E-state index is 8.74. The second kappa shape index (κ2) is 3.02. The summed E-state index contributed by atoms with van der Waals surface area (Å²) >= 11 is 0. The van der Waals surface area contributed by atoms with Crippen LogP contribution in [-0.2, 0) is 0 Å². The number of nitrogens with zero attached hydrogens (tertiary/aromatic N) is 1. The molecule has 0 bridgehead atoms. The molecular formula is C12H14N2. The van der Waals surface area contributed by atoms with Crippen molar-refractivity contribution < 1.29 is 0 Å². The molecule has 1 fully saturated rings. The van der Waals surface area contributed by atoms with Gasteiger partial charge in [-0.2, -0.15) is 5.26 Å². The lowest BCUT2D eigenvalue weighted by molar-refractivity contribution is 0.630. The van der Waals surface area contributed by atoms with Crippen molar-refractivity contribution in [2.45, 2.75) is 26.3 Å². The smallest absolute Gasteiger partial charge is 0.0992 e. The highest BCUT2D eigenvalue weighted by Crippen LogP contribution is 2.46. The summed E-state index contributed by atoms with van der Waals surface area (Å²) in [7, 11) is 0. The van der Waals surface area contributed by atoms with Crippen LogP contribution in [0.25, 0.3) is 0 Å². The van der Waals surface area contributed by atoms with Crippen LogP contribution >= 0.6 is 0 Å². The first kappa shape index (κ1) is 9.08. The van der Waals surface area contributed by atoms with Gasteiger partial charge in [0, 0.05) is 11.7 Å². The number of hydrogen-bond acceptors (Lipinski definition) is 2. The molecule has 0 spiro atoms. The highest BCUT2D eigenvalue weighted by Gasteiger charge is 2.45. The monoisotopic (exact) mass is 186 g/mol. The van der Waals surface area contributed by atoms with Crippen molar-refractivity contribution in [3.8, 4) is 6.07 Å². The molecule has 14 heavy (non-hydrogen) atoms. The van der Waals surface area contributed by atoms with Crippen molar-refractivity contribution in [2.24, 2.45) is 5.41 Å². The van der Waals surface area contributed by atoms with Crippen LogP contribution in [-0.4, -0.2) is 6.04 Å². The lowest BCUT2D eigenvalue weighted by atomic mass is 10.1. The van der Waals surface area contributed by atoms with E-state index in [1.54, 1.807) is 0 Å². The average molecular weight is 186 g/mol. The molecule has 0 saturated heterocycles. The number of nitriles is 1. The van der Waals surface area contributed by atoms with E-state index < -0.39 is 0 Å². The molecule has 1 saturated carbocycles. The van der Waals surface area contributed by atoms with E-state index in [9.17, 15) is 0 Å². The molecule has 1 N–H and O–H groups in total. The van der Waals surface area contributed by atoms with Crippen LogP contribution in [0.15, 0.2) is 24.3 Å². The summed E-state index contributed by atoms with van der Waals surface area (Å²) in [6, 6.07) is 10.3. The molecule has 2 rings (SSSR count). The minimum atomic E-state index is 0.419. The summed E-state index contributed by atoms with van der Waals surface area (Å²) in [5.74, 6) is 0. The summed E-state index contributed by atoms with van der Waals surface area (Å²) in [6.45, 7) is 4.50. The number of hydrogen-bond donors (Lipinski definition) is 1. The van der Waals surface area contributed by atoms with Crippen molar-refractivity contribution in [1.82, 2.24) is 0 Å². The van der Waals surface area contributed by atoms with Crippen LogP contribution < -0.4 is 5.32 Å². The van der Waals surface area contributed by atoms with Gasteiger partial charge < -0.3 is 5.32 Å². The Morgan fingerprint density at radius 3 is 2.79 bits per heavy atom. The van der Waals surface area contributed by atoms with E-state index in [0.29, 0.717) is 17.0 Å². The summed E-state index contributed by atoms with van der Waals surface area (Å²) in [5, 5.41) is 12.2. The van der Waals surface area contributed by atoms with E-state index in [-0.39, 0.29) is 0 Å². The van der Waals surface area contributed by atoms with Crippen molar-refractivity contribution in [3.63, 3.8) is 0 Å². The third kappa shape index (κ3) is 1.72. The van der Waals surface area contributed by atoms with Gasteiger partial charge in [-0.05, 0) is 30.0 Å². The Hall–Kier alpha value is -1.49. The highest BCUT2D eigenvalue weighted by atomic mass is 15.0. The van der Waals surface area contributed by atoms with Crippen LogP contribution in [0.5, 0.6) is 0 Å². The second-order valence-electron chi connectivity index (χ2n) is 4.58. The van der Waals surface area contributed by atoms with Gasteiger partial charge in [-0.3, -0.25) is 0 Å². The molecule has 2 nitrogen and oxygen atoms in total. The fraction of sp³-hybridized carbons (Fsp3) is 0.417. The Balaban J connectivity index is 2.08. The first-order chi connectivity index (χ1) is 6.62. The highest BCUT2D eigenvalue weighted by molar-refractivity contribution is 5.51. The fourth-order valence-electron chi connectivity index (χ4n) is 1.59. The second-order valence-corrected chi connectivity index (χ2v) is 4.58. The molecule has 0 heterocycles. The van der Waals surface area contributed by atoms with E-state index in [0.717, 1.165) is 5.69 Å². The first-order valence-electron chi connectivity index (χ1n) is 4.88. The summed E-state index contributed by atoms with van der Waals surface area (Å²) in [4.78, 5) is 0. The molecule has 1 aliphatic carbocycles. The topological polar surface area (TPSA) is 35.8 Å². The molecule has 0 aromatic heterocycles. The lowest BCUT2D eigenvalue weighted by Gasteiger charge is -2.07. The molecule has 1 aromatic rings. The van der Waals surface area contributed by atoms with Gasteiger partial charge in [0.25, 0.3) is 0 Å². The third-order valence-electron chi connectivity index (χ3n) is 2.85. The van der Waals surface area contributed by atoms with Crippen LogP contribution in [0, 0.1) is 16.7 Å². The SMILES string of the molecule is CC1(C)CC1Nc1cccc(C#N)c1. The Morgan fingerprint density at radius 1 is 1.50 bits per heavy atom. The van der Waals surface area contributed by atoms with Crippen LogP contribution in [0.4, 0.5) is 5.69 Å². The summed E-state index contributed by atoms with van der Waals surface area (Å²) in [6.07, 6.45) is 1.21. The minimum Gasteiger partial charge on any atom is -0.382 e. The fourth-order valence-corrected chi connectivity index (χ4v) is 1.59. The van der Waals surface area contributed by atoms with E-state index in [2.05, 4.69) is 25.2 Å². The van der Waals surface area contributed by atoms with Crippen molar-refractivity contribution in [1.29, 1.82) is 5.26 Å². The van der Waals surface area contributed by atoms with Gasteiger partial charge in [-0.25, -0.2) is 0 Å². The predicted octanol–water partition coefficient (Wildman–Crippen LogP) is 2.77. The van der Waals surface area contributed by atoms with E-state index in [4.69, 9.17) is 5.26 Å². The van der Waals surface area contributed by atoms with Crippen molar-refractivity contribution in [2.75, 3.05) is 5.32 Å². The number of nitrogens with one attached hydrogen (secondary N) is 1. The van der Waals surface area contributed by atoms with Gasteiger partial charge in [0.2, 0.25) is 0 Å². The van der Waals surface area contributed by atoms with Crippen molar-refractivity contribution in [3.05, 3.63) is 29.8 Å². The number of anilines is 1. The van der Waals surface area contributed by atoms with Crippen molar-refractivity contribution >= 4 is 5.69 Å². The molecule has 0 radical (unpaired) electrons. The minimum absolute atomic E-state index is 0.419. The molecule has 1 unspecified atom stereocenters. The van der Waals surface area contributed by atoms with E-state index in [1.165, 1.54) is 6.42 Å². The number of rotatable bonds is 2. The zero-order valence-corrected chi connectivity index (χ0v) is 8.54. The van der Waals surface area contributed by atoms with Crippen LogP contribution in [0.3, 0.4) is 0 Å². The van der Waals surface area contributed by atoms with Gasteiger partial charge in [0.15, 0.2) is 0 Å². The first-order valence-corrected chi connectivity index (χ1v) is 4.88. The molecule has 0 aliphatic heterocycles. The largest absolute Gasteiger partial charge is 0.382 e. The van der Waals surface area contributed by atoms with Crippen LogP contribution in [0.2, 0.25) is 0 Å². The maximum Gasteiger partial charge on any atom is 0.0992 e. The molecule has 1 atom stereocenters. The Morgan fingerprint density at radius 2 is 2.21 bits per heavy atom. The molecular weight excluding hydrogens is 172 g/mol. The van der Waals surface area contributed by atoms with Gasteiger partial charge in [0.1, 0.15) is 0 Å².